The summed E-state index contributed by atoms with van der Waals surface area (Å²) in [7, 11) is 0. The predicted molar refractivity (Wildman–Crippen MR) is 48.4 cm³/mol. The van der Waals surface area contributed by atoms with Crippen molar-refractivity contribution >= 4 is 12.1 Å². The number of nitrogens with zero attached hydrogens (tertiary/aromatic N) is 2. The van der Waals surface area contributed by atoms with Crippen molar-refractivity contribution in [2.75, 3.05) is 5.73 Å². The highest BCUT2D eigenvalue weighted by Crippen LogP contribution is 2.34. The van der Waals surface area contributed by atoms with Gasteiger partial charge in [0.15, 0.2) is 6.29 Å². The van der Waals surface area contributed by atoms with Crippen molar-refractivity contribution in [2.24, 2.45) is 0 Å². The predicted octanol–water partition coefficient (Wildman–Crippen LogP) is 1.14. The van der Waals surface area contributed by atoms with Crippen LogP contribution in [0.4, 0.5) is 5.82 Å². The second kappa shape index (κ2) is 3.12. The Bertz CT molecular complexity index is 334. The number of anilines is 1. The molecule has 1 aliphatic rings. The van der Waals surface area contributed by atoms with Crippen LogP contribution in [0.3, 0.4) is 0 Å². The largest absolute Gasteiger partial charge is 0.383 e. The van der Waals surface area contributed by atoms with Crippen molar-refractivity contribution < 1.29 is 4.79 Å². The van der Waals surface area contributed by atoms with Gasteiger partial charge in [0.1, 0.15) is 11.6 Å². The van der Waals surface area contributed by atoms with Crippen LogP contribution in [0.15, 0.2) is 6.20 Å². The number of rotatable bonds is 2. The fourth-order valence-corrected chi connectivity index (χ4v) is 1.37. The molecule has 13 heavy (non-hydrogen) atoms. The molecule has 0 aromatic carbocycles. The van der Waals surface area contributed by atoms with Crippen molar-refractivity contribution in [3.8, 4) is 0 Å². The Hall–Kier alpha value is -1.45. The van der Waals surface area contributed by atoms with E-state index in [0.29, 0.717) is 23.6 Å². The zero-order chi connectivity index (χ0) is 9.26. The zero-order valence-electron chi connectivity index (χ0n) is 7.23. The lowest BCUT2D eigenvalue weighted by Gasteiger charge is -2.23. The minimum Gasteiger partial charge on any atom is -0.383 e. The summed E-state index contributed by atoms with van der Waals surface area (Å²) in [4.78, 5) is 18.6. The van der Waals surface area contributed by atoms with Gasteiger partial charge in [-0.25, -0.2) is 9.97 Å². The van der Waals surface area contributed by atoms with Gasteiger partial charge < -0.3 is 5.73 Å². The normalized spacial score (nSPS) is 16.6. The highest BCUT2D eigenvalue weighted by molar-refractivity contribution is 5.80. The molecule has 1 aliphatic carbocycles. The topological polar surface area (TPSA) is 68.9 Å². The molecule has 0 bridgehead atoms. The number of aldehydes is 1. The van der Waals surface area contributed by atoms with E-state index < -0.39 is 0 Å². The van der Waals surface area contributed by atoms with E-state index >= 15 is 0 Å². The van der Waals surface area contributed by atoms with Crippen LogP contribution in [0.2, 0.25) is 0 Å². The van der Waals surface area contributed by atoms with E-state index in [9.17, 15) is 4.79 Å². The van der Waals surface area contributed by atoms with Gasteiger partial charge in [0.25, 0.3) is 0 Å². The highest BCUT2D eigenvalue weighted by atomic mass is 16.1. The van der Waals surface area contributed by atoms with Crippen molar-refractivity contribution in [3.63, 3.8) is 0 Å². The SMILES string of the molecule is Nc1nc(C2CCC2)ncc1C=O. The van der Waals surface area contributed by atoms with Crippen LogP contribution in [0.25, 0.3) is 0 Å². The summed E-state index contributed by atoms with van der Waals surface area (Å²) in [6, 6.07) is 0. The molecule has 0 radical (unpaired) electrons. The summed E-state index contributed by atoms with van der Waals surface area (Å²) in [6.45, 7) is 0. The van der Waals surface area contributed by atoms with Crippen molar-refractivity contribution in [3.05, 3.63) is 17.6 Å². The van der Waals surface area contributed by atoms with E-state index in [-0.39, 0.29) is 0 Å². The smallest absolute Gasteiger partial charge is 0.155 e. The third-order valence-corrected chi connectivity index (χ3v) is 2.46. The summed E-state index contributed by atoms with van der Waals surface area (Å²) in [5.41, 5.74) is 5.94. The number of hydrogen-bond acceptors (Lipinski definition) is 4. The Labute approximate surface area is 76.2 Å². The van der Waals surface area contributed by atoms with Crippen LogP contribution in [-0.2, 0) is 0 Å². The van der Waals surface area contributed by atoms with E-state index in [4.69, 9.17) is 5.73 Å². The van der Waals surface area contributed by atoms with Crippen LogP contribution in [-0.4, -0.2) is 16.3 Å². The lowest BCUT2D eigenvalue weighted by atomic mass is 9.85. The van der Waals surface area contributed by atoms with Gasteiger partial charge >= 0.3 is 0 Å². The van der Waals surface area contributed by atoms with E-state index in [1.54, 1.807) is 0 Å². The van der Waals surface area contributed by atoms with Gasteiger partial charge in [-0.1, -0.05) is 6.42 Å². The molecule has 0 amide bonds. The number of hydrogen-bond donors (Lipinski definition) is 1. The van der Waals surface area contributed by atoms with Crippen LogP contribution >= 0.6 is 0 Å². The summed E-state index contributed by atoms with van der Waals surface area (Å²) in [6.07, 6.45) is 5.70. The molecule has 0 saturated heterocycles. The van der Waals surface area contributed by atoms with Gasteiger partial charge in [0.2, 0.25) is 0 Å². The molecule has 4 heteroatoms. The molecule has 0 spiro atoms. The Morgan fingerprint density at radius 3 is 2.77 bits per heavy atom. The summed E-state index contributed by atoms with van der Waals surface area (Å²) >= 11 is 0. The second-order valence-electron chi connectivity index (χ2n) is 3.31. The molecule has 1 saturated carbocycles. The number of carbonyl (C=O) groups is 1. The molecule has 1 aromatic heterocycles. The number of carbonyl (C=O) groups excluding carboxylic acids is 1. The van der Waals surface area contributed by atoms with E-state index in [2.05, 4.69) is 9.97 Å². The Morgan fingerprint density at radius 2 is 2.31 bits per heavy atom. The third-order valence-electron chi connectivity index (χ3n) is 2.46. The maximum Gasteiger partial charge on any atom is 0.155 e. The van der Waals surface area contributed by atoms with Crippen molar-refractivity contribution in [1.82, 2.24) is 9.97 Å². The molecule has 68 valence electrons. The average molecular weight is 177 g/mol. The Kier molecular flexibility index (Phi) is 1.96. The minimum atomic E-state index is 0.298. The quantitative estimate of drug-likeness (QED) is 0.688. The Morgan fingerprint density at radius 1 is 1.54 bits per heavy atom. The summed E-state index contributed by atoms with van der Waals surface area (Å²) in [5.74, 6) is 1.55. The van der Waals surface area contributed by atoms with Crippen LogP contribution in [0.5, 0.6) is 0 Å². The molecule has 0 aliphatic heterocycles. The zero-order valence-corrected chi connectivity index (χ0v) is 7.23. The first kappa shape index (κ1) is 8.16. The maximum atomic E-state index is 10.4. The fourth-order valence-electron chi connectivity index (χ4n) is 1.37. The summed E-state index contributed by atoms with van der Waals surface area (Å²) in [5, 5.41) is 0. The summed E-state index contributed by atoms with van der Waals surface area (Å²) < 4.78 is 0. The average Bonchev–Trinajstić information content (AvgIpc) is 2.01. The molecule has 0 atom stereocenters. The molecular weight excluding hydrogens is 166 g/mol. The Balaban J connectivity index is 2.29. The maximum absolute atomic E-state index is 10.4. The van der Waals surface area contributed by atoms with Gasteiger partial charge in [-0.2, -0.15) is 0 Å². The lowest BCUT2D eigenvalue weighted by molar-refractivity contribution is 0.112. The molecule has 4 nitrogen and oxygen atoms in total. The van der Waals surface area contributed by atoms with E-state index in [0.717, 1.165) is 18.7 Å². The number of nitrogens with two attached hydrogens (primary N) is 1. The van der Waals surface area contributed by atoms with Gasteiger partial charge in [-0.15, -0.1) is 0 Å². The monoisotopic (exact) mass is 177 g/mol. The van der Waals surface area contributed by atoms with Gasteiger partial charge in [0, 0.05) is 12.1 Å². The van der Waals surface area contributed by atoms with Crippen LogP contribution < -0.4 is 5.73 Å². The fraction of sp³-hybridized carbons (Fsp3) is 0.444. The lowest BCUT2D eigenvalue weighted by Crippen LogP contribution is -2.14. The molecule has 2 rings (SSSR count). The molecule has 2 N–H and O–H groups in total. The van der Waals surface area contributed by atoms with E-state index in [1.165, 1.54) is 12.6 Å². The highest BCUT2D eigenvalue weighted by Gasteiger charge is 2.22. The van der Waals surface area contributed by atoms with Gasteiger partial charge in [0.05, 0.1) is 5.56 Å². The number of aromatic nitrogens is 2. The van der Waals surface area contributed by atoms with Gasteiger partial charge in [-0.3, -0.25) is 4.79 Å². The minimum absolute atomic E-state index is 0.298. The van der Waals surface area contributed by atoms with Crippen LogP contribution in [0, 0.1) is 0 Å². The molecule has 1 fully saturated rings. The number of nitrogen functional groups attached to an aromatic ring is 1. The van der Waals surface area contributed by atoms with Gasteiger partial charge in [-0.05, 0) is 12.8 Å². The molecule has 1 aromatic rings. The third kappa shape index (κ3) is 1.39. The van der Waals surface area contributed by atoms with Crippen molar-refractivity contribution in [2.45, 2.75) is 25.2 Å². The first-order chi connectivity index (χ1) is 6.31. The standard InChI is InChI=1S/C9H11N3O/c10-8-7(5-13)4-11-9(12-8)6-2-1-3-6/h4-6H,1-3H2,(H2,10,11,12). The molecule has 1 heterocycles. The van der Waals surface area contributed by atoms with Crippen molar-refractivity contribution in [1.29, 1.82) is 0 Å². The first-order valence-corrected chi connectivity index (χ1v) is 4.39. The van der Waals surface area contributed by atoms with Crippen LogP contribution in [0.1, 0.15) is 41.4 Å². The second-order valence-corrected chi connectivity index (χ2v) is 3.31. The van der Waals surface area contributed by atoms with E-state index in [1.807, 2.05) is 0 Å². The molecular formula is C9H11N3O. The molecule has 0 unspecified atom stereocenters. The first-order valence-electron chi connectivity index (χ1n) is 4.39.